The summed E-state index contributed by atoms with van der Waals surface area (Å²) in [5, 5.41) is 90.3. The quantitative estimate of drug-likeness (QED) is 0.0722. The first-order valence-corrected chi connectivity index (χ1v) is 18.7. The lowest BCUT2D eigenvalue weighted by molar-refractivity contribution is -0.0290. The van der Waals surface area contributed by atoms with Crippen LogP contribution in [0, 0.1) is 6.92 Å². The number of nitrogens with zero attached hydrogens (tertiary/aromatic N) is 3. The lowest BCUT2D eigenvalue weighted by atomic mass is 10.0. The van der Waals surface area contributed by atoms with Crippen molar-refractivity contribution in [2.75, 3.05) is 78.9 Å². The number of rotatable bonds is 21. The fraction of sp³-hybridized carbons (Fsp3) is 0.550. The zero-order chi connectivity index (χ0) is 39.7. The van der Waals surface area contributed by atoms with E-state index in [1.807, 2.05) is 43.3 Å². The number of phenolic OH excluding ortho intramolecular Hbond substituents is 3. The molecule has 9 N–H and O–H groups in total. The summed E-state index contributed by atoms with van der Waals surface area (Å²) in [6, 6.07) is 14.6. The molecule has 0 unspecified atom stereocenters. The second-order valence-corrected chi connectivity index (χ2v) is 14.0. The first-order valence-electron chi connectivity index (χ1n) is 18.7. The van der Waals surface area contributed by atoms with Crippen molar-refractivity contribution in [1.82, 2.24) is 14.7 Å². The summed E-state index contributed by atoms with van der Waals surface area (Å²) in [5.41, 5.74) is 4.67. The van der Waals surface area contributed by atoms with Gasteiger partial charge in [0, 0.05) is 92.3 Å². The monoisotopic (exact) mass is 773 g/mol. The fourth-order valence-electron chi connectivity index (χ4n) is 6.44. The first-order chi connectivity index (χ1) is 26.6. The Morgan fingerprint density at radius 2 is 0.745 bits per heavy atom. The summed E-state index contributed by atoms with van der Waals surface area (Å²) in [7, 11) is 0. The van der Waals surface area contributed by atoms with E-state index in [1.54, 1.807) is 12.1 Å². The molecule has 55 heavy (non-hydrogen) atoms. The molecule has 15 nitrogen and oxygen atoms in total. The van der Waals surface area contributed by atoms with Gasteiger partial charge in [-0.2, -0.15) is 0 Å². The summed E-state index contributed by atoms with van der Waals surface area (Å²) < 4.78 is 16.8. The number of ether oxygens (including phenoxy) is 3. The normalized spacial score (nSPS) is 15.2. The van der Waals surface area contributed by atoms with Gasteiger partial charge in [-0.1, -0.05) is 54.1 Å². The Morgan fingerprint density at radius 1 is 0.455 bits per heavy atom. The summed E-state index contributed by atoms with van der Waals surface area (Å²) >= 11 is 0. The molecule has 0 atom stereocenters. The average molecular weight is 774 g/mol. The van der Waals surface area contributed by atoms with E-state index in [0.717, 1.165) is 5.56 Å². The summed E-state index contributed by atoms with van der Waals surface area (Å²) in [4.78, 5) is 6.72. The molecule has 4 rings (SSSR count). The largest absolute Gasteiger partial charge is 0.507 e. The number of benzene rings is 3. The van der Waals surface area contributed by atoms with Crippen LogP contribution in [0.1, 0.15) is 38.9 Å². The molecule has 0 bridgehead atoms. The average Bonchev–Trinajstić information content (AvgIpc) is 3.27. The SMILES string of the molecule is Cc1cc(COC(CO)CO)c(O)c(CN2CCN(Cc3cccc(COC(CO)CO)c3O)CCN(Cc3cccc(COC(CO)CO)c3O)CC2)c1. The van der Waals surface area contributed by atoms with Crippen molar-refractivity contribution in [1.29, 1.82) is 0 Å². The number of para-hydroxylation sites is 2. The van der Waals surface area contributed by atoms with Crippen molar-refractivity contribution in [3.8, 4) is 17.2 Å². The number of hydrogen-bond donors (Lipinski definition) is 9. The van der Waals surface area contributed by atoms with Crippen molar-refractivity contribution < 1.29 is 60.2 Å². The van der Waals surface area contributed by atoms with E-state index in [0.29, 0.717) is 92.3 Å². The Bertz CT molecular complexity index is 1510. The van der Waals surface area contributed by atoms with E-state index in [1.165, 1.54) is 0 Å². The van der Waals surface area contributed by atoms with Crippen LogP contribution in [-0.4, -0.2) is 158 Å². The third-order valence-electron chi connectivity index (χ3n) is 9.84. The van der Waals surface area contributed by atoms with Crippen LogP contribution in [0.3, 0.4) is 0 Å². The number of aliphatic hydroxyl groups is 6. The molecule has 1 heterocycles. The number of phenols is 3. The molecule has 0 radical (unpaired) electrons. The summed E-state index contributed by atoms with van der Waals surface area (Å²) in [5.74, 6) is 0.266. The number of hydrogen-bond acceptors (Lipinski definition) is 15. The lowest BCUT2D eigenvalue weighted by Crippen LogP contribution is -2.35. The van der Waals surface area contributed by atoms with Crippen molar-refractivity contribution >= 4 is 0 Å². The van der Waals surface area contributed by atoms with Crippen molar-refractivity contribution in [2.24, 2.45) is 0 Å². The maximum atomic E-state index is 11.3. The molecule has 1 aliphatic heterocycles. The predicted molar refractivity (Wildman–Crippen MR) is 203 cm³/mol. The highest BCUT2D eigenvalue weighted by Crippen LogP contribution is 2.29. The maximum absolute atomic E-state index is 11.3. The molecule has 0 aliphatic carbocycles. The van der Waals surface area contributed by atoms with Gasteiger partial charge in [0.1, 0.15) is 35.6 Å². The maximum Gasteiger partial charge on any atom is 0.125 e. The molecule has 15 heteroatoms. The first kappa shape index (κ1) is 44.3. The van der Waals surface area contributed by atoms with Crippen LogP contribution >= 0.6 is 0 Å². The number of aliphatic hydroxyl groups excluding tert-OH is 6. The minimum absolute atomic E-state index is 0.0228. The molecular weight excluding hydrogens is 714 g/mol. The van der Waals surface area contributed by atoms with E-state index < -0.39 is 18.3 Å². The molecule has 3 aromatic carbocycles. The van der Waals surface area contributed by atoms with Crippen LogP contribution < -0.4 is 0 Å². The van der Waals surface area contributed by atoms with Gasteiger partial charge in [-0.25, -0.2) is 0 Å². The predicted octanol–water partition coefficient (Wildman–Crippen LogP) is 0.541. The van der Waals surface area contributed by atoms with E-state index in [9.17, 15) is 46.0 Å². The molecule has 3 aromatic rings. The summed E-state index contributed by atoms with van der Waals surface area (Å²) in [6.45, 7) is 5.04. The molecule has 1 fully saturated rings. The Labute approximate surface area is 322 Å². The Kier molecular flexibility index (Phi) is 18.5. The van der Waals surface area contributed by atoms with Gasteiger partial charge < -0.3 is 60.2 Å². The molecule has 0 amide bonds. The van der Waals surface area contributed by atoms with Crippen LogP contribution in [0.2, 0.25) is 0 Å². The second-order valence-electron chi connectivity index (χ2n) is 14.0. The molecule has 0 aromatic heterocycles. The van der Waals surface area contributed by atoms with Gasteiger partial charge in [0.05, 0.1) is 59.5 Å². The zero-order valence-electron chi connectivity index (χ0n) is 31.7. The topological polar surface area (TPSA) is 219 Å². The third-order valence-corrected chi connectivity index (χ3v) is 9.84. The molecule has 0 spiro atoms. The van der Waals surface area contributed by atoms with Crippen molar-refractivity contribution in [3.63, 3.8) is 0 Å². The van der Waals surface area contributed by atoms with Gasteiger partial charge in [0.2, 0.25) is 0 Å². The standard InChI is InChI=1S/C40H59N3O12/c1-28-14-33(40(52)34(15-28)27-55-37(23-48)24-49)18-43-12-10-41(16-29-4-2-6-31(38(29)50)25-53-35(19-44)20-45)8-9-42(11-13-43)17-30-5-3-7-32(39(30)51)26-54-36(21-46)22-47/h2-7,14-15,35-37,44-52H,8-13,16-27H2,1H3. The van der Waals surface area contributed by atoms with Crippen LogP contribution in [0.25, 0.3) is 0 Å². The number of aryl methyl sites for hydroxylation is 1. The van der Waals surface area contributed by atoms with E-state index in [4.69, 9.17) is 14.2 Å². The number of aromatic hydroxyl groups is 3. The van der Waals surface area contributed by atoms with Gasteiger partial charge in [-0.15, -0.1) is 0 Å². The van der Waals surface area contributed by atoms with Crippen LogP contribution in [0.15, 0.2) is 48.5 Å². The molecule has 1 aliphatic rings. The molecule has 306 valence electrons. The van der Waals surface area contributed by atoms with Gasteiger partial charge in [0.25, 0.3) is 0 Å². The summed E-state index contributed by atoms with van der Waals surface area (Å²) in [6.07, 6.45) is -2.26. The molecular formula is C40H59N3O12. The van der Waals surface area contributed by atoms with E-state index >= 15 is 0 Å². The van der Waals surface area contributed by atoms with Crippen LogP contribution in [0.5, 0.6) is 17.2 Å². The van der Waals surface area contributed by atoms with Crippen molar-refractivity contribution in [2.45, 2.75) is 64.7 Å². The van der Waals surface area contributed by atoms with Gasteiger partial charge >= 0.3 is 0 Å². The highest BCUT2D eigenvalue weighted by molar-refractivity contribution is 5.44. The van der Waals surface area contributed by atoms with Gasteiger partial charge in [-0.3, -0.25) is 14.7 Å². The Morgan fingerprint density at radius 3 is 1.11 bits per heavy atom. The van der Waals surface area contributed by atoms with Crippen LogP contribution in [0.4, 0.5) is 0 Å². The minimum Gasteiger partial charge on any atom is -0.507 e. The smallest absolute Gasteiger partial charge is 0.125 e. The van der Waals surface area contributed by atoms with Gasteiger partial charge in [-0.05, 0) is 6.92 Å². The second kappa shape index (κ2) is 23.0. The minimum atomic E-state index is -0.755. The zero-order valence-corrected chi connectivity index (χ0v) is 31.7. The van der Waals surface area contributed by atoms with Crippen LogP contribution in [-0.2, 0) is 53.7 Å². The van der Waals surface area contributed by atoms with Gasteiger partial charge in [0.15, 0.2) is 0 Å². The molecule has 0 saturated carbocycles. The fourth-order valence-corrected chi connectivity index (χ4v) is 6.44. The Hall–Kier alpha value is -3.42. The Balaban J connectivity index is 1.57. The lowest BCUT2D eigenvalue weighted by Gasteiger charge is -2.27. The molecule has 1 saturated heterocycles. The van der Waals surface area contributed by atoms with E-state index in [-0.39, 0.29) is 76.7 Å². The third kappa shape index (κ3) is 13.3. The highest BCUT2D eigenvalue weighted by Gasteiger charge is 2.22. The van der Waals surface area contributed by atoms with Crippen molar-refractivity contribution in [3.05, 3.63) is 87.5 Å². The van der Waals surface area contributed by atoms with E-state index in [2.05, 4.69) is 14.7 Å². The highest BCUT2D eigenvalue weighted by atomic mass is 16.5.